The largest absolute Gasteiger partial charge is 0.497 e. The average molecular weight is 263 g/mol. The van der Waals surface area contributed by atoms with Gasteiger partial charge < -0.3 is 15.2 Å². The number of hydrogen-bond acceptors (Lipinski definition) is 3. The molecular formula is C16H25NO2. The molecule has 1 aliphatic carbocycles. The van der Waals surface area contributed by atoms with Crippen molar-refractivity contribution in [1.82, 2.24) is 0 Å². The minimum Gasteiger partial charge on any atom is -0.497 e. The van der Waals surface area contributed by atoms with E-state index in [1.54, 1.807) is 7.11 Å². The van der Waals surface area contributed by atoms with Gasteiger partial charge in [0.05, 0.1) is 13.2 Å². The van der Waals surface area contributed by atoms with E-state index in [0.29, 0.717) is 12.6 Å². The van der Waals surface area contributed by atoms with E-state index in [-0.39, 0.29) is 0 Å². The van der Waals surface area contributed by atoms with Crippen LogP contribution in [0.1, 0.15) is 38.2 Å². The summed E-state index contributed by atoms with van der Waals surface area (Å²) >= 11 is 0. The second-order valence-corrected chi connectivity index (χ2v) is 5.51. The lowest BCUT2D eigenvalue weighted by Gasteiger charge is -2.27. The van der Waals surface area contributed by atoms with E-state index in [1.807, 2.05) is 12.1 Å². The number of nitrogens with two attached hydrogens (primary N) is 1. The Bertz CT molecular complexity index is 398. The molecule has 0 unspecified atom stereocenters. The van der Waals surface area contributed by atoms with Gasteiger partial charge in [0.25, 0.3) is 0 Å². The second-order valence-electron chi connectivity index (χ2n) is 5.51. The molecule has 3 nitrogen and oxygen atoms in total. The van der Waals surface area contributed by atoms with Crippen LogP contribution in [0.3, 0.4) is 0 Å². The van der Waals surface area contributed by atoms with Gasteiger partial charge in [-0.1, -0.05) is 13.0 Å². The van der Waals surface area contributed by atoms with Crippen LogP contribution in [0.15, 0.2) is 18.2 Å². The van der Waals surface area contributed by atoms with E-state index in [4.69, 9.17) is 15.2 Å². The predicted molar refractivity (Wildman–Crippen MR) is 77.8 cm³/mol. The van der Waals surface area contributed by atoms with E-state index in [1.165, 1.54) is 18.4 Å². The highest BCUT2D eigenvalue weighted by atomic mass is 16.5. The Morgan fingerprint density at radius 2 is 1.95 bits per heavy atom. The molecule has 19 heavy (non-hydrogen) atoms. The Balaban J connectivity index is 2.08. The maximum absolute atomic E-state index is 6.19. The maximum atomic E-state index is 6.19. The Kier molecular flexibility index (Phi) is 5.08. The van der Waals surface area contributed by atoms with Crippen LogP contribution >= 0.6 is 0 Å². The highest BCUT2D eigenvalue weighted by molar-refractivity contribution is 5.41. The molecule has 1 aromatic rings. The van der Waals surface area contributed by atoms with Gasteiger partial charge in [-0.15, -0.1) is 0 Å². The van der Waals surface area contributed by atoms with Crippen LogP contribution in [0, 0.1) is 5.92 Å². The van der Waals surface area contributed by atoms with Crippen LogP contribution in [-0.4, -0.2) is 19.8 Å². The first-order valence-electron chi connectivity index (χ1n) is 7.26. The minimum absolute atomic E-state index is 0.347. The molecule has 0 heterocycles. The summed E-state index contributed by atoms with van der Waals surface area (Å²) in [7, 11) is 1.68. The van der Waals surface area contributed by atoms with Crippen molar-refractivity contribution in [3.63, 3.8) is 0 Å². The first-order chi connectivity index (χ1) is 9.22. The minimum atomic E-state index is 0.347. The monoisotopic (exact) mass is 263 g/mol. The van der Waals surface area contributed by atoms with Gasteiger partial charge in [-0.25, -0.2) is 0 Å². The lowest BCUT2D eigenvalue weighted by molar-refractivity contribution is 0.134. The van der Waals surface area contributed by atoms with E-state index >= 15 is 0 Å². The van der Waals surface area contributed by atoms with Crippen LogP contribution in [-0.2, 0) is 6.42 Å². The van der Waals surface area contributed by atoms with Crippen molar-refractivity contribution in [2.45, 2.75) is 45.1 Å². The summed E-state index contributed by atoms with van der Waals surface area (Å²) in [6.07, 6.45) is 6.03. The zero-order valence-electron chi connectivity index (χ0n) is 12.0. The third kappa shape index (κ3) is 3.87. The highest BCUT2D eigenvalue weighted by Gasteiger charge is 2.20. The summed E-state index contributed by atoms with van der Waals surface area (Å²) in [5, 5.41) is 0. The molecule has 2 rings (SSSR count). The smallest absolute Gasteiger partial charge is 0.126 e. The summed E-state index contributed by atoms with van der Waals surface area (Å²) in [6.45, 7) is 2.96. The fourth-order valence-corrected chi connectivity index (χ4v) is 2.66. The lowest BCUT2D eigenvalue weighted by Crippen LogP contribution is -2.23. The van der Waals surface area contributed by atoms with Crippen molar-refractivity contribution in [1.29, 1.82) is 0 Å². The van der Waals surface area contributed by atoms with E-state index in [2.05, 4.69) is 13.0 Å². The lowest BCUT2D eigenvalue weighted by atomic mass is 9.89. The molecule has 2 N–H and O–H groups in total. The molecule has 1 aromatic carbocycles. The van der Waals surface area contributed by atoms with Gasteiger partial charge in [-0.3, -0.25) is 0 Å². The molecule has 1 saturated carbocycles. The van der Waals surface area contributed by atoms with E-state index in [9.17, 15) is 0 Å². The second kappa shape index (κ2) is 6.80. The van der Waals surface area contributed by atoms with Gasteiger partial charge >= 0.3 is 0 Å². The summed E-state index contributed by atoms with van der Waals surface area (Å²) in [5.74, 6) is 2.64. The van der Waals surface area contributed by atoms with Gasteiger partial charge in [0, 0.05) is 6.07 Å². The highest BCUT2D eigenvalue weighted by Crippen LogP contribution is 2.31. The molecule has 0 bridgehead atoms. The molecule has 0 radical (unpaired) electrons. The van der Waals surface area contributed by atoms with Crippen molar-refractivity contribution < 1.29 is 9.47 Å². The molecule has 1 fully saturated rings. The zero-order valence-corrected chi connectivity index (χ0v) is 12.0. The summed E-state index contributed by atoms with van der Waals surface area (Å²) in [5.41, 5.74) is 6.85. The Labute approximate surface area is 116 Å². The zero-order chi connectivity index (χ0) is 13.7. The average Bonchev–Trinajstić information content (AvgIpc) is 2.43. The molecule has 106 valence electrons. The SMILES string of the molecule is COc1ccc(CCN)c(OC2CCC(C)CC2)c1. The number of methoxy groups -OCH3 is 1. The Morgan fingerprint density at radius 1 is 1.21 bits per heavy atom. The molecule has 0 aliphatic heterocycles. The van der Waals surface area contributed by atoms with Crippen molar-refractivity contribution in [2.75, 3.05) is 13.7 Å². The van der Waals surface area contributed by atoms with Crippen molar-refractivity contribution in [2.24, 2.45) is 11.7 Å². The van der Waals surface area contributed by atoms with Crippen molar-refractivity contribution >= 4 is 0 Å². The molecule has 0 atom stereocenters. The van der Waals surface area contributed by atoms with Crippen LogP contribution < -0.4 is 15.2 Å². The van der Waals surface area contributed by atoms with E-state index < -0.39 is 0 Å². The summed E-state index contributed by atoms with van der Waals surface area (Å²) < 4.78 is 11.5. The maximum Gasteiger partial charge on any atom is 0.126 e. The van der Waals surface area contributed by atoms with Crippen LogP contribution in [0.4, 0.5) is 0 Å². The molecule has 0 spiro atoms. The third-order valence-corrected chi connectivity index (χ3v) is 3.94. The van der Waals surface area contributed by atoms with Crippen LogP contribution in [0.2, 0.25) is 0 Å². The number of hydrogen-bond donors (Lipinski definition) is 1. The number of ether oxygens (including phenoxy) is 2. The normalized spacial score (nSPS) is 23.1. The third-order valence-electron chi connectivity index (χ3n) is 3.94. The standard InChI is InChI=1S/C16H25NO2/c1-12-3-6-14(7-4-12)19-16-11-15(18-2)8-5-13(16)9-10-17/h5,8,11-12,14H,3-4,6-7,9-10,17H2,1-2H3. The first kappa shape index (κ1) is 14.2. The number of rotatable bonds is 5. The predicted octanol–water partition coefficient (Wildman–Crippen LogP) is 3.15. The number of benzene rings is 1. The summed E-state index contributed by atoms with van der Waals surface area (Å²) in [6, 6.07) is 6.02. The molecular weight excluding hydrogens is 238 g/mol. The summed E-state index contributed by atoms with van der Waals surface area (Å²) in [4.78, 5) is 0. The van der Waals surface area contributed by atoms with Gasteiger partial charge in [0.2, 0.25) is 0 Å². The fourth-order valence-electron chi connectivity index (χ4n) is 2.66. The first-order valence-corrected chi connectivity index (χ1v) is 7.26. The molecule has 1 aliphatic rings. The van der Waals surface area contributed by atoms with Crippen LogP contribution in [0.25, 0.3) is 0 Å². The van der Waals surface area contributed by atoms with E-state index in [0.717, 1.165) is 36.7 Å². The van der Waals surface area contributed by atoms with Gasteiger partial charge in [-0.2, -0.15) is 0 Å². The fraction of sp³-hybridized carbons (Fsp3) is 0.625. The quantitative estimate of drug-likeness (QED) is 0.887. The molecule has 0 saturated heterocycles. The van der Waals surface area contributed by atoms with Crippen molar-refractivity contribution in [3.8, 4) is 11.5 Å². The molecule has 3 heteroatoms. The van der Waals surface area contributed by atoms with Gasteiger partial charge in [-0.05, 0) is 56.2 Å². The van der Waals surface area contributed by atoms with Gasteiger partial charge in [0.15, 0.2) is 0 Å². The Hall–Kier alpha value is -1.22. The Morgan fingerprint density at radius 3 is 2.58 bits per heavy atom. The van der Waals surface area contributed by atoms with Crippen molar-refractivity contribution in [3.05, 3.63) is 23.8 Å². The van der Waals surface area contributed by atoms with Gasteiger partial charge in [0.1, 0.15) is 11.5 Å². The van der Waals surface area contributed by atoms with Crippen LogP contribution in [0.5, 0.6) is 11.5 Å². The topological polar surface area (TPSA) is 44.5 Å². The molecule has 0 amide bonds. The molecule has 0 aromatic heterocycles.